The molecule has 148 valence electrons. The van der Waals surface area contributed by atoms with Gasteiger partial charge in [-0.05, 0) is 44.0 Å². The Balaban J connectivity index is 1.67. The minimum Gasteiger partial charge on any atom is -0.351 e. The first kappa shape index (κ1) is 18.6. The van der Waals surface area contributed by atoms with Crippen molar-refractivity contribution in [2.75, 3.05) is 23.7 Å². The zero-order valence-corrected chi connectivity index (χ0v) is 16.2. The molecule has 3 aromatic rings. The van der Waals surface area contributed by atoms with E-state index >= 15 is 0 Å². The zero-order valence-electron chi connectivity index (χ0n) is 16.2. The van der Waals surface area contributed by atoms with Gasteiger partial charge in [0, 0.05) is 12.6 Å². The second kappa shape index (κ2) is 8.10. The lowest BCUT2D eigenvalue weighted by molar-refractivity contribution is 0.477. The molecule has 0 spiro atoms. The number of hydrogen-bond donors (Lipinski definition) is 3. The first-order valence-electron chi connectivity index (χ1n) is 9.82. The van der Waals surface area contributed by atoms with E-state index in [0.29, 0.717) is 35.1 Å². The summed E-state index contributed by atoms with van der Waals surface area (Å²) >= 11 is 0. The van der Waals surface area contributed by atoms with Crippen LogP contribution in [-0.2, 0) is 6.54 Å². The number of fused-ring (bicyclic) bond motifs is 1. The number of rotatable bonds is 6. The number of para-hydroxylation sites is 1. The van der Waals surface area contributed by atoms with Crippen LogP contribution in [0.1, 0.15) is 26.7 Å². The van der Waals surface area contributed by atoms with Gasteiger partial charge in [0.2, 0.25) is 11.9 Å². The first-order valence-corrected chi connectivity index (χ1v) is 9.82. The molecule has 0 saturated carbocycles. The molecule has 2 aromatic heterocycles. The summed E-state index contributed by atoms with van der Waals surface area (Å²) in [5.41, 5.74) is 1.83. The Kier molecular flexibility index (Phi) is 5.38. The molecule has 0 bridgehead atoms. The number of nitrogens with zero attached hydrogens (tertiary/aromatic N) is 4. The third-order valence-electron chi connectivity index (χ3n) is 4.83. The van der Waals surface area contributed by atoms with Crippen LogP contribution in [0.5, 0.6) is 0 Å². The Labute approximate surface area is 163 Å². The van der Waals surface area contributed by atoms with Crippen molar-refractivity contribution < 1.29 is 4.39 Å². The topological polar surface area (TPSA) is 79.7 Å². The second-order valence-electron chi connectivity index (χ2n) is 7.62. The van der Waals surface area contributed by atoms with Crippen LogP contribution in [-0.4, -0.2) is 38.7 Å². The molecular weight excluding hydrogens is 357 g/mol. The molecular formula is C20H26FN7. The SMILES string of the molecule is CC(C)Cn1c(Nc2ccccc2F)nc2cnc(NC3CCNCC3)nc21. The van der Waals surface area contributed by atoms with Gasteiger partial charge in [-0.2, -0.15) is 4.98 Å². The molecule has 1 aliphatic rings. The molecule has 0 amide bonds. The highest BCUT2D eigenvalue weighted by atomic mass is 19.1. The number of hydrogen-bond acceptors (Lipinski definition) is 6. The van der Waals surface area contributed by atoms with Gasteiger partial charge in [0.1, 0.15) is 11.3 Å². The van der Waals surface area contributed by atoms with Crippen molar-refractivity contribution in [3.05, 3.63) is 36.3 Å². The number of nitrogens with one attached hydrogen (secondary N) is 3. The number of imidazole rings is 1. The molecule has 0 aliphatic carbocycles. The lowest BCUT2D eigenvalue weighted by Crippen LogP contribution is -2.35. The van der Waals surface area contributed by atoms with Gasteiger partial charge in [-0.25, -0.2) is 14.4 Å². The van der Waals surface area contributed by atoms with Gasteiger partial charge in [0.15, 0.2) is 5.65 Å². The monoisotopic (exact) mass is 383 g/mol. The van der Waals surface area contributed by atoms with E-state index in [0.717, 1.165) is 38.1 Å². The highest BCUT2D eigenvalue weighted by molar-refractivity contribution is 5.76. The highest BCUT2D eigenvalue weighted by Crippen LogP contribution is 2.25. The van der Waals surface area contributed by atoms with Crippen molar-refractivity contribution in [2.45, 2.75) is 39.3 Å². The van der Waals surface area contributed by atoms with Crippen molar-refractivity contribution in [1.82, 2.24) is 24.8 Å². The van der Waals surface area contributed by atoms with Crippen molar-refractivity contribution in [3.8, 4) is 0 Å². The molecule has 28 heavy (non-hydrogen) atoms. The van der Waals surface area contributed by atoms with E-state index in [1.54, 1.807) is 24.4 Å². The first-order chi connectivity index (χ1) is 13.6. The Morgan fingerprint density at radius 3 is 2.75 bits per heavy atom. The van der Waals surface area contributed by atoms with E-state index in [1.165, 1.54) is 6.07 Å². The molecule has 0 radical (unpaired) electrons. The Hall–Kier alpha value is -2.74. The fraction of sp³-hybridized carbons (Fsp3) is 0.450. The Morgan fingerprint density at radius 2 is 2.00 bits per heavy atom. The fourth-order valence-corrected chi connectivity index (χ4v) is 3.45. The normalized spacial score (nSPS) is 15.3. The number of aromatic nitrogens is 4. The summed E-state index contributed by atoms with van der Waals surface area (Å²) in [5, 5.41) is 9.91. The van der Waals surface area contributed by atoms with Crippen LogP contribution in [0.3, 0.4) is 0 Å². The fourth-order valence-electron chi connectivity index (χ4n) is 3.45. The van der Waals surface area contributed by atoms with Crippen LogP contribution in [0.2, 0.25) is 0 Å². The van der Waals surface area contributed by atoms with Crippen molar-refractivity contribution >= 4 is 28.7 Å². The summed E-state index contributed by atoms with van der Waals surface area (Å²) in [6, 6.07) is 6.96. The van der Waals surface area contributed by atoms with Gasteiger partial charge in [-0.3, -0.25) is 4.57 Å². The summed E-state index contributed by atoms with van der Waals surface area (Å²) in [4.78, 5) is 13.8. The van der Waals surface area contributed by atoms with E-state index in [1.807, 2.05) is 4.57 Å². The largest absolute Gasteiger partial charge is 0.351 e. The van der Waals surface area contributed by atoms with E-state index in [-0.39, 0.29) is 5.82 Å². The minimum atomic E-state index is -0.315. The van der Waals surface area contributed by atoms with Crippen molar-refractivity contribution in [1.29, 1.82) is 0 Å². The number of benzene rings is 1. The Morgan fingerprint density at radius 1 is 1.21 bits per heavy atom. The summed E-state index contributed by atoms with van der Waals surface area (Å²) < 4.78 is 16.1. The molecule has 7 nitrogen and oxygen atoms in total. The van der Waals surface area contributed by atoms with Crippen molar-refractivity contribution in [3.63, 3.8) is 0 Å². The van der Waals surface area contributed by atoms with E-state index < -0.39 is 0 Å². The molecule has 1 fully saturated rings. The standard InChI is InChI=1S/C20H26FN7/c1-13(2)12-28-18-17(26-20(28)25-16-6-4-3-5-15(16)21)11-23-19(27-18)24-14-7-9-22-10-8-14/h3-6,11,13-14,22H,7-10,12H2,1-2H3,(H,25,26)(H,23,24,27). The predicted octanol–water partition coefficient (Wildman–Crippen LogP) is 3.53. The van der Waals surface area contributed by atoms with Crippen LogP contribution < -0.4 is 16.0 Å². The third kappa shape index (κ3) is 4.06. The summed E-state index contributed by atoms with van der Waals surface area (Å²) in [7, 11) is 0. The van der Waals surface area contributed by atoms with Gasteiger partial charge in [-0.15, -0.1) is 0 Å². The predicted molar refractivity (Wildman–Crippen MR) is 109 cm³/mol. The maximum atomic E-state index is 14.1. The number of halogens is 1. The van der Waals surface area contributed by atoms with E-state index in [9.17, 15) is 4.39 Å². The zero-order chi connectivity index (χ0) is 19.5. The molecule has 4 rings (SSSR count). The van der Waals surface area contributed by atoms with Crippen LogP contribution in [0, 0.1) is 11.7 Å². The highest BCUT2D eigenvalue weighted by Gasteiger charge is 2.18. The molecule has 3 heterocycles. The number of piperidine rings is 1. The summed E-state index contributed by atoms with van der Waals surface area (Å²) in [6.45, 7) is 6.99. The van der Waals surface area contributed by atoms with Gasteiger partial charge in [0.25, 0.3) is 0 Å². The average molecular weight is 383 g/mol. The van der Waals surface area contributed by atoms with Crippen LogP contribution in [0.25, 0.3) is 11.2 Å². The quantitative estimate of drug-likeness (QED) is 0.604. The molecule has 1 aliphatic heterocycles. The molecule has 1 aromatic carbocycles. The van der Waals surface area contributed by atoms with Crippen LogP contribution in [0.15, 0.2) is 30.5 Å². The third-order valence-corrected chi connectivity index (χ3v) is 4.83. The average Bonchev–Trinajstić information content (AvgIpc) is 3.01. The van der Waals surface area contributed by atoms with Crippen LogP contribution in [0.4, 0.5) is 22.0 Å². The maximum Gasteiger partial charge on any atom is 0.224 e. The van der Waals surface area contributed by atoms with Gasteiger partial charge >= 0.3 is 0 Å². The van der Waals surface area contributed by atoms with E-state index in [2.05, 4.69) is 39.8 Å². The smallest absolute Gasteiger partial charge is 0.224 e. The molecule has 0 atom stereocenters. The van der Waals surface area contributed by atoms with Gasteiger partial charge < -0.3 is 16.0 Å². The maximum absolute atomic E-state index is 14.1. The second-order valence-corrected chi connectivity index (χ2v) is 7.62. The van der Waals surface area contributed by atoms with E-state index in [4.69, 9.17) is 4.98 Å². The Bertz CT molecular complexity index is 947. The number of anilines is 3. The van der Waals surface area contributed by atoms with Crippen LogP contribution >= 0.6 is 0 Å². The lowest BCUT2D eigenvalue weighted by atomic mass is 10.1. The van der Waals surface area contributed by atoms with Gasteiger partial charge in [0.05, 0.1) is 11.9 Å². The molecule has 0 unspecified atom stereocenters. The minimum absolute atomic E-state index is 0.315. The van der Waals surface area contributed by atoms with Crippen molar-refractivity contribution in [2.24, 2.45) is 5.92 Å². The summed E-state index contributed by atoms with van der Waals surface area (Å²) in [6.07, 6.45) is 3.83. The molecule has 3 N–H and O–H groups in total. The lowest BCUT2D eigenvalue weighted by Gasteiger charge is -2.23. The van der Waals surface area contributed by atoms with Gasteiger partial charge in [-0.1, -0.05) is 26.0 Å². The summed E-state index contributed by atoms with van der Waals surface area (Å²) in [5.74, 6) is 1.25. The molecule has 8 heteroatoms. The molecule has 1 saturated heterocycles.